The Balaban J connectivity index is 2.31. The molecule has 1 fully saturated rings. The smallest absolute Gasteiger partial charge is 0.242 e. The minimum atomic E-state index is -0.314. The lowest BCUT2D eigenvalue weighted by atomic mass is 10.1. The van der Waals surface area contributed by atoms with E-state index >= 15 is 0 Å². The maximum absolute atomic E-state index is 14.0. The number of rotatable bonds is 3. The topological polar surface area (TPSA) is 58.4 Å². The Morgan fingerprint density at radius 1 is 1.56 bits per heavy atom. The molecule has 0 radical (unpaired) electrons. The lowest BCUT2D eigenvalue weighted by Crippen LogP contribution is -2.55. The van der Waals surface area contributed by atoms with E-state index in [9.17, 15) is 9.18 Å². The van der Waals surface area contributed by atoms with Crippen LogP contribution in [0.5, 0.6) is 0 Å². The number of halogens is 1. The molecule has 4 nitrogen and oxygen atoms in total. The zero-order valence-corrected chi connectivity index (χ0v) is 10.4. The van der Waals surface area contributed by atoms with Gasteiger partial charge in [-0.2, -0.15) is 0 Å². The third-order valence-corrected chi connectivity index (χ3v) is 3.27. The predicted octanol–water partition coefficient (Wildman–Crippen LogP) is 0.999. The summed E-state index contributed by atoms with van der Waals surface area (Å²) in [6, 6.07) is 4.65. The first-order valence-corrected chi connectivity index (χ1v) is 6.20. The molecule has 0 aromatic heterocycles. The van der Waals surface area contributed by atoms with E-state index in [-0.39, 0.29) is 17.8 Å². The average Bonchev–Trinajstić information content (AvgIpc) is 2.38. The molecule has 1 aliphatic heterocycles. The number of anilines is 1. The molecular formula is C13H18FN3O. The van der Waals surface area contributed by atoms with Crippen LogP contribution in [0, 0.1) is 5.82 Å². The highest BCUT2D eigenvalue weighted by molar-refractivity contribution is 5.86. The van der Waals surface area contributed by atoms with Crippen molar-refractivity contribution < 1.29 is 9.18 Å². The van der Waals surface area contributed by atoms with E-state index in [0.29, 0.717) is 31.7 Å². The third-order valence-electron chi connectivity index (χ3n) is 3.27. The van der Waals surface area contributed by atoms with Gasteiger partial charge in [0.2, 0.25) is 5.91 Å². The fourth-order valence-corrected chi connectivity index (χ4v) is 2.32. The Kier molecular flexibility index (Phi) is 3.81. The van der Waals surface area contributed by atoms with Gasteiger partial charge in [0.25, 0.3) is 0 Å². The summed E-state index contributed by atoms with van der Waals surface area (Å²) < 4.78 is 14.0. The molecular weight excluding hydrogens is 233 g/mol. The van der Waals surface area contributed by atoms with Gasteiger partial charge >= 0.3 is 0 Å². The van der Waals surface area contributed by atoms with Crippen LogP contribution in [0.1, 0.15) is 18.9 Å². The van der Waals surface area contributed by atoms with Crippen LogP contribution >= 0.6 is 0 Å². The van der Waals surface area contributed by atoms with Crippen LogP contribution in [0.2, 0.25) is 0 Å². The van der Waals surface area contributed by atoms with Crippen molar-refractivity contribution in [3.05, 3.63) is 29.6 Å². The Morgan fingerprint density at radius 2 is 2.33 bits per heavy atom. The first kappa shape index (κ1) is 12.8. The van der Waals surface area contributed by atoms with Crippen LogP contribution < -0.4 is 16.0 Å². The molecule has 1 aromatic carbocycles. The Morgan fingerprint density at radius 3 is 2.94 bits per heavy atom. The lowest BCUT2D eigenvalue weighted by molar-refractivity contribution is -0.123. The molecule has 1 heterocycles. The van der Waals surface area contributed by atoms with E-state index in [1.165, 1.54) is 6.07 Å². The van der Waals surface area contributed by atoms with Crippen molar-refractivity contribution in [2.75, 3.05) is 18.0 Å². The summed E-state index contributed by atoms with van der Waals surface area (Å²) in [5.74, 6) is -0.350. The molecule has 0 aliphatic carbocycles. The van der Waals surface area contributed by atoms with Crippen molar-refractivity contribution in [1.82, 2.24) is 5.32 Å². The summed E-state index contributed by atoms with van der Waals surface area (Å²) in [7, 11) is 0. The van der Waals surface area contributed by atoms with Crippen LogP contribution in [-0.4, -0.2) is 25.0 Å². The summed E-state index contributed by atoms with van der Waals surface area (Å²) in [4.78, 5) is 13.6. The van der Waals surface area contributed by atoms with Gasteiger partial charge in [0.1, 0.15) is 11.9 Å². The Bertz CT molecular complexity index is 450. The first-order valence-electron chi connectivity index (χ1n) is 6.20. The van der Waals surface area contributed by atoms with Crippen molar-refractivity contribution in [1.29, 1.82) is 0 Å². The van der Waals surface area contributed by atoms with Gasteiger partial charge in [-0.1, -0.05) is 13.0 Å². The number of hydrogen-bond acceptors (Lipinski definition) is 3. The lowest BCUT2D eigenvalue weighted by Gasteiger charge is -2.36. The molecule has 5 heteroatoms. The van der Waals surface area contributed by atoms with Crippen molar-refractivity contribution in [2.45, 2.75) is 25.9 Å². The van der Waals surface area contributed by atoms with E-state index in [1.807, 2.05) is 11.8 Å². The molecule has 2 rings (SSSR count). The van der Waals surface area contributed by atoms with E-state index in [1.54, 1.807) is 12.1 Å². The number of hydrogen-bond donors (Lipinski definition) is 2. The van der Waals surface area contributed by atoms with Crippen LogP contribution in [-0.2, 0) is 11.3 Å². The van der Waals surface area contributed by atoms with Crippen LogP contribution in [0.15, 0.2) is 18.2 Å². The second-order valence-corrected chi connectivity index (χ2v) is 4.40. The SMILES string of the molecule is CCC1C(=O)NCCN1c1ccc(CN)cc1F. The minimum Gasteiger partial charge on any atom is -0.355 e. The fraction of sp³-hybridized carbons (Fsp3) is 0.462. The molecule has 18 heavy (non-hydrogen) atoms. The summed E-state index contributed by atoms with van der Waals surface area (Å²) in [6.07, 6.45) is 0.657. The van der Waals surface area contributed by atoms with Crippen molar-refractivity contribution in [3.63, 3.8) is 0 Å². The van der Waals surface area contributed by atoms with E-state index in [2.05, 4.69) is 5.32 Å². The molecule has 0 spiro atoms. The normalized spacial score (nSPS) is 19.8. The number of carbonyl (C=O) groups is 1. The first-order chi connectivity index (χ1) is 8.67. The van der Waals surface area contributed by atoms with Gasteiger partial charge in [0.15, 0.2) is 0 Å². The highest BCUT2D eigenvalue weighted by atomic mass is 19.1. The number of nitrogens with two attached hydrogens (primary N) is 1. The van der Waals surface area contributed by atoms with Gasteiger partial charge in [-0.05, 0) is 24.1 Å². The van der Waals surface area contributed by atoms with Crippen LogP contribution in [0.25, 0.3) is 0 Å². The van der Waals surface area contributed by atoms with Gasteiger partial charge in [-0.25, -0.2) is 4.39 Å². The second-order valence-electron chi connectivity index (χ2n) is 4.40. The van der Waals surface area contributed by atoms with E-state index < -0.39 is 0 Å². The van der Waals surface area contributed by atoms with E-state index in [0.717, 1.165) is 5.56 Å². The van der Waals surface area contributed by atoms with Gasteiger partial charge in [-0.15, -0.1) is 0 Å². The van der Waals surface area contributed by atoms with E-state index in [4.69, 9.17) is 5.73 Å². The van der Waals surface area contributed by atoms with Crippen LogP contribution in [0.3, 0.4) is 0 Å². The Hall–Kier alpha value is -1.62. The van der Waals surface area contributed by atoms with Crippen molar-refractivity contribution >= 4 is 11.6 Å². The molecule has 98 valence electrons. The zero-order chi connectivity index (χ0) is 13.1. The predicted molar refractivity (Wildman–Crippen MR) is 68.7 cm³/mol. The number of benzene rings is 1. The molecule has 0 bridgehead atoms. The molecule has 0 saturated carbocycles. The quantitative estimate of drug-likeness (QED) is 0.842. The molecule has 1 aromatic rings. The third kappa shape index (κ3) is 2.31. The molecule has 1 atom stereocenters. The fourth-order valence-electron chi connectivity index (χ4n) is 2.32. The summed E-state index contributed by atoms with van der Waals surface area (Å²) in [5, 5.41) is 2.80. The zero-order valence-electron chi connectivity index (χ0n) is 10.4. The highest BCUT2D eigenvalue weighted by Crippen LogP contribution is 2.24. The molecule has 1 amide bonds. The molecule has 1 aliphatic rings. The summed E-state index contributed by atoms with van der Waals surface area (Å²) in [6.45, 7) is 3.42. The van der Waals surface area contributed by atoms with Crippen molar-refractivity contribution in [3.8, 4) is 0 Å². The number of amides is 1. The highest BCUT2D eigenvalue weighted by Gasteiger charge is 2.29. The number of piperazine rings is 1. The van der Waals surface area contributed by atoms with Gasteiger partial charge < -0.3 is 16.0 Å². The molecule has 1 saturated heterocycles. The maximum atomic E-state index is 14.0. The van der Waals surface area contributed by atoms with Gasteiger partial charge in [0, 0.05) is 19.6 Å². The Labute approximate surface area is 106 Å². The summed E-state index contributed by atoms with van der Waals surface area (Å²) >= 11 is 0. The minimum absolute atomic E-state index is 0.0361. The molecule has 1 unspecified atom stereocenters. The number of carbonyl (C=O) groups excluding carboxylic acids is 1. The number of nitrogens with one attached hydrogen (secondary N) is 1. The van der Waals surface area contributed by atoms with Gasteiger partial charge in [-0.3, -0.25) is 4.79 Å². The largest absolute Gasteiger partial charge is 0.355 e. The maximum Gasteiger partial charge on any atom is 0.242 e. The van der Waals surface area contributed by atoms with Gasteiger partial charge in [0.05, 0.1) is 5.69 Å². The summed E-state index contributed by atoms with van der Waals surface area (Å²) in [5.41, 5.74) is 6.71. The average molecular weight is 251 g/mol. The van der Waals surface area contributed by atoms with Crippen LogP contribution in [0.4, 0.5) is 10.1 Å². The van der Waals surface area contributed by atoms with Crippen molar-refractivity contribution in [2.24, 2.45) is 5.73 Å². The monoisotopic (exact) mass is 251 g/mol. The number of nitrogens with zero attached hydrogens (tertiary/aromatic N) is 1. The molecule has 3 N–H and O–H groups in total. The standard InChI is InChI=1S/C13H18FN3O/c1-2-11-13(18)16-5-6-17(11)12-4-3-9(8-15)7-10(12)14/h3-4,7,11H,2,5-6,8,15H2,1H3,(H,16,18). The second kappa shape index (κ2) is 5.35.